The van der Waals surface area contributed by atoms with E-state index in [1.54, 1.807) is 101 Å². The highest BCUT2D eigenvalue weighted by molar-refractivity contribution is 6.31. The standard InChI is InChI=1S/C24H28ClN3O4.2C19H26ClN3O3.C18H24ClN3O4.C18H24ClN3O3/c1-31-23(16-24(29)27-30)21(15-18-7-9-20(25)10-8-18)22-11-12-26-28(22)13-14-32-17-19-5-3-2-4-6-19;2*1-3-4-11-23-17(9-10-21-23)16(18(26-2)13-19(24)22-25)12-14-5-7-15(20)8-6-14;1-25-10-9-22-16(7-8-20-22)15(17(26-2)12-18(23)21-24)11-13-3-5-14(19)6-4-13;1-3-10-22-16(8-9-20-22)15(17(25-2)12-18(23)21-24)11-13-4-6-14(19)7-5-13/h2-12,21,23,30H,13-17H2,1H3,(H,27,29);2*5-10,16,18,25H,3-4,11-13H2,1-2H3,(H,22,24);3-8,15,17,24H,9-12H2,1-2H3,(H,21,23);4-9,15,17,24H,3,10-12H2,1-2H3,(H,21,23)/t21-,23-;2*16-,18-;2*15-,17-/m11111/s1. The van der Waals surface area contributed by atoms with Gasteiger partial charge in [-0.05, 0) is 176 Å². The van der Waals surface area contributed by atoms with Gasteiger partial charge in [-0.1, -0.05) is 183 Å². The molecule has 6 aromatic carbocycles. The summed E-state index contributed by atoms with van der Waals surface area (Å²) >= 11 is 30.0. The Bertz CT molecular complexity index is 4890. The van der Waals surface area contributed by atoms with Gasteiger partial charge < -0.3 is 33.2 Å². The molecule has 5 amide bonds. The molecule has 0 saturated heterocycles. The second kappa shape index (κ2) is 62.4. The van der Waals surface area contributed by atoms with E-state index in [9.17, 15) is 24.0 Å². The zero-order valence-corrected chi connectivity index (χ0v) is 81.5. The number of nitrogens with zero attached hydrogens (tertiary/aromatic N) is 10. The first-order chi connectivity index (χ1) is 65.4. The molecule has 10 atom stereocenters. The first-order valence-electron chi connectivity index (χ1n) is 44.6. The number of nitrogens with one attached hydrogen (secondary N) is 5. The highest BCUT2D eigenvalue weighted by Gasteiger charge is 2.35. The van der Waals surface area contributed by atoms with E-state index < -0.39 is 60.1 Å². The van der Waals surface area contributed by atoms with Crippen LogP contribution < -0.4 is 27.4 Å². The predicted molar refractivity (Wildman–Crippen MR) is 515 cm³/mol. The number of aryl methyl sites for hydroxylation is 3. The maximum atomic E-state index is 11.9. The lowest BCUT2D eigenvalue weighted by Gasteiger charge is -2.26. The van der Waals surface area contributed by atoms with Crippen LogP contribution in [0, 0.1) is 0 Å². The second-order valence-corrected chi connectivity index (χ2v) is 34.1. The highest BCUT2D eigenvalue weighted by Crippen LogP contribution is 2.36. The molecule has 10 N–H and O–H groups in total. The van der Waals surface area contributed by atoms with Crippen molar-refractivity contribution in [3.63, 3.8) is 0 Å². The zero-order valence-electron chi connectivity index (χ0n) is 77.7. The average molecular weight is 1970 g/mol. The number of carbonyl (C=O) groups excluding carboxylic acids is 5. The van der Waals surface area contributed by atoms with Gasteiger partial charge in [-0.25, -0.2) is 27.4 Å². The van der Waals surface area contributed by atoms with Gasteiger partial charge in [-0.2, -0.15) is 25.5 Å². The van der Waals surface area contributed by atoms with Crippen LogP contribution >= 0.6 is 58.0 Å². The molecule has 0 saturated carbocycles. The number of hydrogen-bond acceptors (Lipinski definition) is 22. The summed E-state index contributed by atoms with van der Waals surface area (Å²) in [6, 6.07) is 57.8. The lowest BCUT2D eigenvalue weighted by molar-refractivity contribution is -0.132. The molecule has 0 radical (unpaired) electrons. The van der Waals surface area contributed by atoms with Gasteiger partial charge in [-0.15, -0.1) is 0 Å². The third-order valence-electron chi connectivity index (χ3n) is 22.8. The second-order valence-electron chi connectivity index (χ2n) is 31.9. The largest absolute Gasteiger partial charge is 0.383 e. The van der Waals surface area contributed by atoms with Crippen LogP contribution in [-0.2, 0) is 129 Å². The van der Waals surface area contributed by atoms with Crippen molar-refractivity contribution in [2.24, 2.45) is 0 Å². The Balaban J connectivity index is 0.000000231. The van der Waals surface area contributed by atoms with E-state index in [-0.39, 0.29) is 61.7 Å². The van der Waals surface area contributed by atoms with Gasteiger partial charge in [0.2, 0.25) is 29.5 Å². The third-order valence-corrected chi connectivity index (χ3v) is 24.0. The average Bonchev–Trinajstić information content (AvgIpc) is 1.73. The van der Waals surface area contributed by atoms with Crippen LogP contribution in [0.1, 0.15) is 176 Å². The fourth-order valence-corrected chi connectivity index (χ4v) is 16.4. The molecule has 135 heavy (non-hydrogen) atoms. The minimum atomic E-state index is -0.504. The van der Waals surface area contributed by atoms with Crippen molar-refractivity contribution >= 4 is 87.5 Å². The summed E-state index contributed by atoms with van der Waals surface area (Å²) in [6.45, 7) is 11.5. The lowest BCUT2D eigenvalue weighted by atomic mass is 9.89. The lowest BCUT2D eigenvalue weighted by Crippen LogP contribution is -2.32. The Morgan fingerprint density at radius 1 is 0.296 bits per heavy atom. The normalized spacial score (nSPS) is 13.3. The van der Waals surface area contributed by atoms with Crippen LogP contribution in [0.3, 0.4) is 0 Å². The van der Waals surface area contributed by atoms with E-state index in [1.807, 2.05) is 205 Å². The Labute approximate surface area is 814 Å². The van der Waals surface area contributed by atoms with Crippen LogP contribution in [0.15, 0.2) is 213 Å². The fraction of sp³-hybridized carbons (Fsp3) is 0.429. The van der Waals surface area contributed by atoms with Crippen LogP contribution in [0.5, 0.6) is 0 Å². The van der Waals surface area contributed by atoms with Crippen molar-refractivity contribution in [3.8, 4) is 0 Å². The number of methoxy groups -OCH3 is 6. The van der Waals surface area contributed by atoms with Crippen molar-refractivity contribution in [3.05, 3.63) is 300 Å². The number of hydrogen-bond donors (Lipinski definition) is 10. The molecular weight excluding hydrogens is 1840 g/mol. The van der Waals surface area contributed by atoms with Gasteiger partial charge in [0, 0.05) is 176 Å². The van der Waals surface area contributed by atoms with E-state index in [0.717, 1.165) is 114 Å². The summed E-state index contributed by atoms with van der Waals surface area (Å²) in [4.78, 5) is 58.7. The van der Waals surface area contributed by atoms with Gasteiger partial charge in [0.15, 0.2) is 0 Å². The Morgan fingerprint density at radius 2 is 0.526 bits per heavy atom. The van der Waals surface area contributed by atoms with Crippen molar-refractivity contribution < 1.29 is 83.2 Å². The zero-order chi connectivity index (χ0) is 97.8. The van der Waals surface area contributed by atoms with Crippen LogP contribution in [0.2, 0.25) is 25.1 Å². The Kier molecular flexibility index (Phi) is 51.7. The summed E-state index contributed by atoms with van der Waals surface area (Å²) in [6.07, 6.45) is 15.3. The quantitative estimate of drug-likeness (QED) is 0.00961. The van der Waals surface area contributed by atoms with Gasteiger partial charge >= 0.3 is 0 Å². The summed E-state index contributed by atoms with van der Waals surface area (Å²) < 4.78 is 48.7. The van der Waals surface area contributed by atoms with E-state index in [1.165, 1.54) is 0 Å². The minimum Gasteiger partial charge on any atom is -0.383 e. The maximum Gasteiger partial charge on any atom is 0.245 e. The number of rotatable bonds is 51. The first-order valence-corrected chi connectivity index (χ1v) is 46.5. The highest BCUT2D eigenvalue weighted by atomic mass is 35.5. The van der Waals surface area contributed by atoms with Gasteiger partial charge in [-0.3, -0.25) is 73.4 Å². The smallest absolute Gasteiger partial charge is 0.245 e. The Hall–Kier alpha value is -10.3. The fourth-order valence-electron chi connectivity index (χ4n) is 15.7. The Morgan fingerprint density at radius 3 is 0.741 bits per heavy atom. The van der Waals surface area contributed by atoms with Gasteiger partial charge in [0.05, 0.1) is 95.5 Å². The SMILES string of the molecule is CCCCn1nccc1[C@@H](Cc1ccc(Cl)cc1)[C@@H](CC(=O)NO)OC.CCCCn1nccc1[C@@H](Cc1ccc(Cl)cc1)[C@@H](CC(=O)NO)OC.CCCn1nccc1[C@@H](Cc1ccc(Cl)cc1)[C@@H](CC(=O)NO)OC.COCCn1nccc1[C@@H](Cc1ccc(Cl)cc1)[C@@H](CC(=O)NO)OC.CO[C@H](CC(=O)NO)[C@H](Cc1ccc(Cl)cc1)c1ccnn1CCOCc1ccccc1. The molecule has 0 aliphatic rings. The first kappa shape index (κ1) is 112. The maximum absolute atomic E-state index is 11.9. The molecule has 32 nitrogen and oxygen atoms in total. The molecule has 0 bridgehead atoms. The van der Waals surface area contributed by atoms with Crippen molar-refractivity contribution in [1.29, 1.82) is 0 Å². The van der Waals surface area contributed by atoms with Crippen molar-refractivity contribution in [1.82, 2.24) is 76.3 Å². The molecule has 11 rings (SSSR count). The number of hydroxylamine groups is 5. The molecule has 0 aliphatic heterocycles. The van der Waals surface area contributed by atoms with Gasteiger partial charge in [0.1, 0.15) is 0 Å². The van der Waals surface area contributed by atoms with E-state index in [4.69, 9.17) is 117 Å². The molecule has 11 aromatic rings. The van der Waals surface area contributed by atoms with Crippen LogP contribution in [0.25, 0.3) is 0 Å². The number of ether oxygens (including phenoxy) is 7. The molecule has 5 aromatic heterocycles. The molecule has 37 heteroatoms. The number of unbranched alkanes of at least 4 members (excludes halogenated alkanes) is 2. The van der Waals surface area contributed by atoms with Crippen molar-refractivity contribution in [2.45, 2.75) is 217 Å². The molecule has 0 aliphatic carbocycles. The van der Waals surface area contributed by atoms with Crippen molar-refractivity contribution in [2.75, 3.05) is 55.9 Å². The topological polar surface area (TPSA) is 400 Å². The third kappa shape index (κ3) is 38.0. The molecule has 5 heterocycles. The minimum absolute atomic E-state index is 0.0148. The number of amides is 5. The summed E-state index contributed by atoms with van der Waals surface area (Å²) in [5, 5.41) is 70.0. The molecule has 732 valence electrons. The summed E-state index contributed by atoms with van der Waals surface area (Å²) in [5.41, 5.74) is 19.8. The predicted octanol–water partition coefficient (Wildman–Crippen LogP) is 16.7. The molecule has 0 unspecified atom stereocenters. The molecule has 0 spiro atoms. The van der Waals surface area contributed by atoms with Gasteiger partial charge in [0.25, 0.3) is 0 Å². The number of carbonyl (C=O) groups is 5. The van der Waals surface area contributed by atoms with Crippen LogP contribution in [-0.4, -0.2) is 191 Å². The monoisotopic (exact) mass is 1960 g/mol. The molecule has 0 fully saturated rings. The molecular formula is C98H128Cl5N15O17. The van der Waals surface area contributed by atoms with E-state index in [0.29, 0.717) is 90.1 Å². The summed E-state index contributed by atoms with van der Waals surface area (Å²) in [7, 11) is 9.49. The number of aromatic nitrogens is 10. The number of halogens is 5. The van der Waals surface area contributed by atoms with Crippen LogP contribution in [0.4, 0.5) is 0 Å². The summed E-state index contributed by atoms with van der Waals surface area (Å²) in [5.74, 6) is -3.00. The number of benzene rings is 6. The van der Waals surface area contributed by atoms with E-state index >= 15 is 0 Å². The van der Waals surface area contributed by atoms with E-state index in [2.05, 4.69) is 46.3 Å².